The van der Waals surface area contributed by atoms with Gasteiger partial charge in [-0.15, -0.1) is 0 Å². The molecule has 0 aliphatic rings. The van der Waals surface area contributed by atoms with Crippen molar-refractivity contribution in [2.75, 3.05) is 0 Å². The van der Waals surface area contributed by atoms with Crippen LogP contribution in [0.4, 0.5) is 0 Å². The van der Waals surface area contributed by atoms with Gasteiger partial charge >= 0.3 is 0 Å². The molecule has 0 spiro atoms. The Labute approximate surface area is 85.6 Å². The van der Waals surface area contributed by atoms with E-state index in [1.165, 1.54) is 33.0 Å². The summed E-state index contributed by atoms with van der Waals surface area (Å²) in [6.45, 7) is 8.77. The van der Waals surface area contributed by atoms with Gasteiger partial charge in [-0.3, -0.25) is 0 Å². The summed E-state index contributed by atoms with van der Waals surface area (Å²) in [5.74, 6) is 0. The van der Waals surface area contributed by atoms with Crippen molar-refractivity contribution in [1.29, 1.82) is 0 Å². The highest BCUT2D eigenvalue weighted by Gasteiger charge is 2.05. The van der Waals surface area contributed by atoms with Crippen LogP contribution in [-0.4, -0.2) is 0 Å². The van der Waals surface area contributed by atoms with E-state index in [-0.39, 0.29) is 0 Å². The number of rotatable bonds is 0. The maximum atomic E-state index is 2.28. The summed E-state index contributed by atoms with van der Waals surface area (Å²) in [5.41, 5.74) is 5.57. The van der Waals surface area contributed by atoms with Crippen LogP contribution in [0.2, 0.25) is 0 Å². The minimum absolute atomic E-state index is 1.38. The van der Waals surface area contributed by atoms with Gasteiger partial charge in [0, 0.05) is 0 Å². The minimum atomic E-state index is 1.38. The summed E-state index contributed by atoms with van der Waals surface area (Å²) in [6.07, 6.45) is 0. The first kappa shape index (κ1) is 9.26. The van der Waals surface area contributed by atoms with Gasteiger partial charge in [0.1, 0.15) is 0 Å². The Morgan fingerprint density at radius 1 is 0.786 bits per heavy atom. The largest absolute Gasteiger partial charge is 0.0614 e. The van der Waals surface area contributed by atoms with Gasteiger partial charge in [-0.25, -0.2) is 0 Å². The molecular weight excluding hydrogens is 168 g/mol. The van der Waals surface area contributed by atoms with E-state index in [2.05, 4.69) is 52.0 Å². The minimum Gasteiger partial charge on any atom is -0.0614 e. The van der Waals surface area contributed by atoms with Crippen LogP contribution in [0, 0.1) is 27.7 Å². The lowest BCUT2D eigenvalue weighted by Gasteiger charge is -2.11. The highest BCUT2D eigenvalue weighted by Crippen LogP contribution is 2.27. The SMILES string of the molecule is Cc1cc(C)c2c(C)cccc2c1C. The second-order valence-electron chi connectivity index (χ2n) is 4.13. The molecule has 0 radical (unpaired) electrons. The van der Waals surface area contributed by atoms with Gasteiger partial charge in [0.25, 0.3) is 0 Å². The molecular formula is C14H16. The van der Waals surface area contributed by atoms with Gasteiger partial charge in [-0.05, 0) is 60.7 Å². The number of aryl methyl sites for hydroxylation is 4. The van der Waals surface area contributed by atoms with Crippen LogP contribution in [0.1, 0.15) is 22.3 Å². The fourth-order valence-electron chi connectivity index (χ4n) is 2.22. The van der Waals surface area contributed by atoms with Gasteiger partial charge in [0.05, 0.1) is 0 Å². The molecule has 0 heteroatoms. The number of fused-ring (bicyclic) bond motifs is 1. The smallest absolute Gasteiger partial charge is 0.0123 e. The zero-order valence-corrected chi connectivity index (χ0v) is 9.31. The van der Waals surface area contributed by atoms with Gasteiger partial charge in [0.15, 0.2) is 0 Å². The zero-order chi connectivity index (χ0) is 10.3. The van der Waals surface area contributed by atoms with Crippen LogP contribution in [0.5, 0.6) is 0 Å². The summed E-state index contributed by atoms with van der Waals surface area (Å²) in [6, 6.07) is 8.83. The first-order chi connectivity index (χ1) is 6.61. The normalized spacial score (nSPS) is 10.9. The molecule has 0 aliphatic carbocycles. The first-order valence-corrected chi connectivity index (χ1v) is 5.07. The van der Waals surface area contributed by atoms with Crippen molar-refractivity contribution < 1.29 is 0 Å². The third-order valence-electron chi connectivity index (χ3n) is 3.10. The van der Waals surface area contributed by atoms with Crippen molar-refractivity contribution in [3.63, 3.8) is 0 Å². The third-order valence-corrected chi connectivity index (χ3v) is 3.10. The van der Waals surface area contributed by atoms with Crippen LogP contribution in [0.3, 0.4) is 0 Å². The van der Waals surface area contributed by atoms with Gasteiger partial charge in [-0.2, -0.15) is 0 Å². The molecule has 2 aromatic carbocycles. The Balaban J connectivity index is 3.02. The molecule has 0 heterocycles. The molecule has 2 aromatic rings. The molecule has 0 amide bonds. The van der Waals surface area contributed by atoms with E-state index in [9.17, 15) is 0 Å². The maximum absolute atomic E-state index is 2.28. The summed E-state index contributed by atoms with van der Waals surface area (Å²) in [4.78, 5) is 0. The molecule has 0 saturated carbocycles. The van der Waals surface area contributed by atoms with Gasteiger partial charge in [0.2, 0.25) is 0 Å². The quantitative estimate of drug-likeness (QED) is 0.579. The van der Waals surface area contributed by atoms with E-state index < -0.39 is 0 Å². The van der Waals surface area contributed by atoms with Crippen molar-refractivity contribution in [1.82, 2.24) is 0 Å². The van der Waals surface area contributed by atoms with E-state index in [0.29, 0.717) is 0 Å². The highest BCUT2D eigenvalue weighted by atomic mass is 14.1. The average molecular weight is 184 g/mol. The molecule has 0 aliphatic heterocycles. The van der Waals surface area contributed by atoms with E-state index in [1.807, 2.05) is 0 Å². The van der Waals surface area contributed by atoms with E-state index in [4.69, 9.17) is 0 Å². The molecule has 0 aromatic heterocycles. The Kier molecular flexibility index (Phi) is 2.07. The lowest BCUT2D eigenvalue weighted by atomic mass is 9.94. The van der Waals surface area contributed by atoms with Crippen molar-refractivity contribution in [3.8, 4) is 0 Å². The Bertz CT molecular complexity index is 493. The number of hydrogen-bond donors (Lipinski definition) is 0. The highest BCUT2D eigenvalue weighted by molar-refractivity contribution is 5.91. The van der Waals surface area contributed by atoms with Gasteiger partial charge < -0.3 is 0 Å². The molecule has 0 saturated heterocycles. The molecule has 0 atom stereocenters. The van der Waals surface area contributed by atoms with Crippen molar-refractivity contribution in [2.45, 2.75) is 27.7 Å². The van der Waals surface area contributed by atoms with Crippen LogP contribution < -0.4 is 0 Å². The predicted molar refractivity (Wildman–Crippen MR) is 62.9 cm³/mol. The van der Waals surface area contributed by atoms with Crippen LogP contribution in [-0.2, 0) is 0 Å². The summed E-state index contributed by atoms with van der Waals surface area (Å²) < 4.78 is 0. The first-order valence-electron chi connectivity index (χ1n) is 5.07. The summed E-state index contributed by atoms with van der Waals surface area (Å²) in [7, 11) is 0. The lowest BCUT2D eigenvalue weighted by Crippen LogP contribution is -1.89. The predicted octanol–water partition coefficient (Wildman–Crippen LogP) is 4.07. The third kappa shape index (κ3) is 1.22. The Hall–Kier alpha value is -1.30. The lowest BCUT2D eigenvalue weighted by molar-refractivity contribution is 1.33. The molecule has 2 rings (SSSR count). The Morgan fingerprint density at radius 3 is 2.21 bits per heavy atom. The molecule has 0 N–H and O–H groups in total. The summed E-state index contributed by atoms with van der Waals surface area (Å²) in [5, 5.41) is 2.83. The monoisotopic (exact) mass is 184 g/mol. The molecule has 72 valence electrons. The molecule has 0 unspecified atom stereocenters. The average Bonchev–Trinajstić information content (AvgIpc) is 2.14. The standard InChI is InChI=1S/C14H16/c1-9-6-5-7-13-12(4)10(2)8-11(3)14(9)13/h5-8H,1-4H3. The fraction of sp³-hybridized carbons (Fsp3) is 0.286. The molecule has 0 bridgehead atoms. The van der Waals surface area contributed by atoms with Crippen LogP contribution in [0.15, 0.2) is 24.3 Å². The van der Waals surface area contributed by atoms with Crippen molar-refractivity contribution in [3.05, 3.63) is 46.5 Å². The van der Waals surface area contributed by atoms with Crippen molar-refractivity contribution in [2.24, 2.45) is 0 Å². The number of hydrogen-bond acceptors (Lipinski definition) is 0. The maximum Gasteiger partial charge on any atom is -0.0123 e. The van der Waals surface area contributed by atoms with E-state index >= 15 is 0 Å². The van der Waals surface area contributed by atoms with E-state index in [0.717, 1.165) is 0 Å². The zero-order valence-electron chi connectivity index (χ0n) is 9.31. The van der Waals surface area contributed by atoms with Crippen LogP contribution >= 0.6 is 0 Å². The molecule has 14 heavy (non-hydrogen) atoms. The second-order valence-corrected chi connectivity index (χ2v) is 4.13. The topological polar surface area (TPSA) is 0 Å². The molecule has 0 fully saturated rings. The fourth-order valence-corrected chi connectivity index (χ4v) is 2.22. The van der Waals surface area contributed by atoms with Crippen LogP contribution in [0.25, 0.3) is 10.8 Å². The molecule has 0 nitrogen and oxygen atoms in total. The second kappa shape index (κ2) is 3.13. The number of benzene rings is 2. The Morgan fingerprint density at radius 2 is 1.50 bits per heavy atom. The van der Waals surface area contributed by atoms with Crippen molar-refractivity contribution >= 4 is 10.8 Å². The summed E-state index contributed by atoms with van der Waals surface area (Å²) >= 11 is 0. The van der Waals surface area contributed by atoms with Gasteiger partial charge in [-0.1, -0.05) is 24.3 Å². The van der Waals surface area contributed by atoms with E-state index in [1.54, 1.807) is 0 Å².